The second-order valence-electron chi connectivity index (χ2n) is 12.1. The second-order valence-corrected chi connectivity index (χ2v) is 22.7. The molecule has 0 radical (unpaired) electrons. The molecule has 0 aromatic carbocycles. The van der Waals surface area contributed by atoms with Gasteiger partial charge in [0.15, 0.2) is 0 Å². The summed E-state index contributed by atoms with van der Waals surface area (Å²) in [5.41, 5.74) is 8.10. The van der Waals surface area contributed by atoms with Gasteiger partial charge in [0.1, 0.15) is 12.2 Å². The third-order valence-corrected chi connectivity index (χ3v) is 18.9. The Hall–Kier alpha value is -2.05. The Morgan fingerprint density at radius 1 is 0.676 bits per heavy atom. The van der Waals surface area contributed by atoms with Crippen LogP contribution in [0.2, 0.25) is 36.3 Å². The summed E-state index contributed by atoms with van der Waals surface area (Å²) >= 11 is 0. The van der Waals surface area contributed by atoms with Crippen molar-refractivity contribution < 1.29 is 10.2 Å². The molecule has 0 saturated heterocycles. The second kappa shape index (κ2) is 10.3. The molecule has 184 valence electrons. The van der Waals surface area contributed by atoms with E-state index in [2.05, 4.69) is 89.2 Å². The van der Waals surface area contributed by atoms with Crippen LogP contribution in [0.4, 0.5) is 0 Å². The maximum atomic E-state index is 11.5. The average molecular weight is 495 g/mol. The van der Waals surface area contributed by atoms with Gasteiger partial charge in [0.2, 0.25) is 0 Å². The van der Waals surface area contributed by atoms with Gasteiger partial charge >= 0.3 is 0 Å². The summed E-state index contributed by atoms with van der Waals surface area (Å²) in [7, 11) is -4.42. The molecule has 6 heteroatoms. The topological polar surface area (TPSA) is 66.2 Å². The number of aliphatic hydroxyl groups excluding tert-OH is 2. The number of aliphatic hydroxyl groups is 2. The van der Waals surface area contributed by atoms with Gasteiger partial charge < -0.3 is 10.2 Å². The molecule has 2 unspecified atom stereocenters. The minimum Gasteiger partial charge on any atom is -0.382 e. The zero-order valence-corrected chi connectivity index (χ0v) is 24.6. The van der Waals surface area contributed by atoms with Gasteiger partial charge in [-0.1, -0.05) is 91.3 Å². The van der Waals surface area contributed by atoms with Crippen molar-refractivity contribution in [2.24, 2.45) is 0 Å². The summed E-state index contributed by atoms with van der Waals surface area (Å²) < 4.78 is 0. The highest BCUT2D eigenvalue weighted by atomic mass is 28.3. The first-order valence-corrected chi connectivity index (χ1v) is 18.0. The molecular formula is C28H42N2O2Si2. The molecule has 0 aliphatic rings. The van der Waals surface area contributed by atoms with E-state index in [9.17, 15) is 10.2 Å². The molecule has 4 nitrogen and oxygen atoms in total. The van der Waals surface area contributed by atoms with E-state index in [0.717, 1.165) is 10.4 Å². The highest BCUT2D eigenvalue weighted by molar-refractivity contribution is 6.87. The van der Waals surface area contributed by atoms with Crippen LogP contribution in [0.3, 0.4) is 0 Å². The van der Waals surface area contributed by atoms with E-state index in [1.54, 1.807) is 12.4 Å². The van der Waals surface area contributed by atoms with E-state index in [1.807, 2.05) is 36.4 Å². The van der Waals surface area contributed by atoms with Gasteiger partial charge in [-0.05, 0) is 34.3 Å². The Labute approximate surface area is 208 Å². The van der Waals surface area contributed by atoms with E-state index in [4.69, 9.17) is 0 Å². The Morgan fingerprint density at radius 2 is 1.00 bits per heavy atom. The molecule has 2 rings (SSSR count). The quantitative estimate of drug-likeness (QED) is 0.337. The Bertz CT molecular complexity index is 981. The summed E-state index contributed by atoms with van der Waals surface area (Å²) in [6.45, 7) is 22.3. The van der Waals surface area contributed by atoms with Crippen molar-refractivity contribution in [3.8, 4) is 0 Å². The van der Waals surface area contributed by atoms with Crippen molar-refractivity contribution in [1.29, 1.82) is 0 Å². The fraction of sp³-hybridized carbons (Fsp3) is 0.500. The number of rotatable bonds is 6. The summed E-state index contributed by atoms with van der Waals surface area (Å²) in [6.07, 6.45) is 1.66. The molecule has 0 aliphatic carbocycles. The van der Waals surface area contributed by atoms with Crippen molar-refractivity contribution in [3.63, 3.8) is 0 Å². The lowest BCUT2D eigenvalue weighted by Crippen LogP contribution is -2.42. The molecule has 0 fully saturated rings. The number of nitrogens with zero attached hydrogens (tertiary/aromatic N) is 2. The van der Waals surface area contributed by atoms with Crippen LogP contribution in [0.5, 0.6) is 0 Å². The Morgan fingerprint density at radius 3 is 1.24 bits per heavy atom. The number of pyridine rings is 2. The molecule has 2 aromatic rings. The smallest absolute Gasteiger partial charge is 0.121 e. The lowest BCUT2D eigenvalue weighted by Gasteiger charge is -2.40. The maximum absolute atomic E-state index is 11.5. The summed E-state index contributed by atoms with van der Waals surface area (Å²) in [6, 6.07) is 11.2. The van der Waals surface area contributed by atoms with E-state index in [0.29, 0.717) is 11.4 Å². The van der Waals surface area contributed by atoms with Crippen molar-refractivity contribution in [3.05, 3.63) is 82.0 Å². The van der Waals surface area contributed by atoms with Gasteiger partial charge in [-0.2, -0.15) is 0 Å². The number of hydrogen-bond acceptors (Lipinski definition) is 4. The molecule has 2 atom stereocenters. The molecule has 0 saturated carbocycles. The standard InChI is InChI=1S/C28H42N2O2Si2/c1-27(2,3)33(7,8)23(25(31)21-15-11-13-19-29-21)17-18-24(34(9,10)28(4,5)6)26(32)22-16-12-14-20-30-22/h11-16,19-20,25-26,31-32H,1-10H3. The van der Waals surface area contributed by atoms with E-state index in [-0.39, 0.29) is 10.1 Å². The lowest BCUT2D eigenvalue weighted by atomic mass is 10.2. The Kier molecular flexibility index (Phi) is 8.53. The van der Waals surface area contributed by atoms with Gasteiger partial charge in [-0.3, -0.25) is 9.97 Å². The van der Waals surface area contributed by atoms with Gasteiger partial charge in [0.05, 0.1) is 27.5 Å². The molecule has 34 heavy (non-hydrogen) atoms. The molecule has 2 N–H and O–H groups in total. The fourth-order valence-electron chi connectivity index (χ4n) is 3.45. The molecule has 0 amide bonds. The largest absolute Gasteiger partial charge is 0.382 e. The number of hydrogen-bond donors (Lipinski definition) is 2. The molecule has 2 aromatic heterocycles. The van der Waals surface area contributed by atoms with Crippen LogP contribution in [0.25, 0.3) is 0 Å². The van der Waals surface area contributed by atoms with E-state index < -0.39 is 28.4 Å². The third-order valence-electron chi connectivity index (χ3n) is 7.91. The average Bonchev–Trinajstić information content (AvgIpc) is 2.75. The van der Waals surface area contributed by atoms with Crippen LogP contribution < -0.4 is 0 Å². The first kappa shape index (κ1) is 28.2. The van der Waals surface area contributed by atoms with Crippen LogP contribution in [0.15, 0.2) is 70.6 Å². The summed E-state index contributed by atoms with van der Waals surface area (Å²) in [5.74, 6) is 0. The van der Waals surface area contributed by atoms with Gasteiger partial charge in [-0.25, -0.2) is 0 Å². The molecular weight excluding hydrogens is 452 g/mol. The van der Waals surface area contributed by atoms with Crippen molar-refractivity contribution >= 4 is 16.1 Å². The van der Waals surface area contributed by atoms with Crippen LogP contribution in [-0.2, 0) is 0 Å². The monoisotopic (exact) mass is 494 g/mol. The Balaban J connectivity index is 2.95. The third kappa shape index (κ3) is 5.95. The zero-order valence-electron chi connectivity index (χ0n) is 22.6. The summed E-state index contributed by atoms with van der Waals surface area (Å²) in [5, 5.41) is 24.6. The predicted octanol–water partition coefficient (Wildman–Crippen LogP) is 6.95. The van der Waals surface area contributed by atoms with Crippen molar-refractivity contribution in [1.82, 2.24) is 9.97 Å². The molecule has 0 spiro atoms. The highest BCUT2D eigenvalue weighted by Crippen LogP contribution is 2.46. The van der Waals surface area contributed by atoms with Crippen LogP contribution in [-0.4, -0.2) is 36.3 Å². The van der Waals surface area contributed by atoms with Gasteiger partial charge in [-0.15, -0.1) is 0 Å². The maximum Gasteiger partial charge on any atom is 0.121 e. The number of aromatic nitrogens is 2. The van der Waals surface area contributed by atoms with E-state index >= 15 is 0 Å². The first-order valence-electron chi connectivity index (χ1n) is 12.0. The predicted molar refractivity (Wildman–Crippen MR) is 147 cm³/mol. The molecule has 0 aliphatic heterocycles. The minimum atomic E-state index is -2.21. The first-order chi connectivity index (χ1) is 15.5. The van der Waals surface area contributed by atoms with Gasteiger partial charge in [0, 0.05) is 22.8 Å². The fourth-order valence-corrected chi connectivity index (χ4v) is 7.48. The van der Waals surface area contributed by atoms with Crippen LogP contribution in [0.1, 0.15) is 65.1 Å². The van der Waals surface area contributed by atoms with Crippen molar-refractivity contribution in [2.75, 3.05) is 0 Å². The zero-order chi connectivity index (χ0) is 25.9. The highest BCUT2D eigenvalue weighted by Gasteiger charge is 2.44. The summed E-state index contributed by atoms with van der Waals surface area (Å²) in [4.78, 5) is 8.84. The van der Waals surface area contributed by atoms with Crippen LogP contribution >= 0.6 is 0 Å². The lowest BCUT2D eigenvalue weighted by molar-refractivity contribution is 0.215. The normalized spacial score (nSPS) is 14.6. The van der Waals surface area contributed by atoms with Gasteiger partial charge in [0.25, 0.3) is 0 Å². The van der Waals surface area contributed by atoms with Crippen LogP contribution in [0, 0.1) is 0 Å². The minimum absolute atomic E-state index is 0.0243. The SMILES string of the molecule is CC(C)(C)[Si](C)(C)C(=C=C=C(C(O)c1ccccn1)[Si](C)(C)C(C)(C)C)C(O)c1ccccn1. The van der Waals surface area contributed by atoms with Crippen molar-refractivity contribution in [2.45, 2.75) is 90.0 Å². The molecule has 0 bridgehead atoms. The molecule has 2 heterocycles. The van der Waals surface area contributed by atoms with E-state index in [1.165, 1.54) is 0 Å².